The highest BCUT2D eigenvalue weighted by Crippen LogP contribution is 2.21. The molecule has 0 aromatic carbocycles. The van der Waals surface area contributed by atoms with E-state index in [9.17, 15) is 8.42 Å². The van der Waals surface area contributed by atoms with E-state index in [4.69, 9.17) is 4.74 Å². The normalized spacial score (nSPS) is 24.8. The Morgan fingerprint density at radius 3 is 2.81 bits per heavy atom. The molecule has 0 bridgehead atoms. The zero-order valence-corrected chi connectivity index (χ0v) is 11.1. The van der Waals surface area contributed by atoms with Crippen molar-refractivity contribution >= 4 is 10.0 Å². The summed E-state index contributed by atoms with van der Waals surface area (Å²) in [4.78, 5) is 0. The van der Waals surface area contributed by atoms with E-state index in [0.29, 0.717) is 6.54 Å². The van der Waals surface area contributed by atoms with Crippen LogP contribution in [0.25, 0.3) is 0 Å². The smallest absolute Gasteiger partial charge is 0.216 e. The highest BCUT2D eigenvalue weighted by Gasteiger charge is 2.34. The lowest BCUT2D eigenvalue weighted by Crippen LogP contribution is -2.43. The molecule has 0 spiro atoms. The third-order valence-electron chi connectivity index (χ3n) is 2.97. The van der Waals surface area contributed by atoms with Crippen molar-refractivity contribution in [1.29, 1.82) is 0 Å². The Bertz CT molecular complexity index is 305. The number of ether oxygens (including phenoxy) is 1. The number of rotatable bonds is 6. The van der Waals surface area contributed by atoms with Gasteiger partial charge in [-0.3, -0.25) is 0 Å². The third-order valence-corrected chi connectivity index (χ3v) is 5.05. The van der Waals surface area contributed by atoms with Crippen LogP contribution < -0.4 is 5.32 Å². The summed E-state index contributed by atoms with van der Waals surface area (Å²) in [5.74, 6) is 0.0731. The Balaban J connectivity index is 2.67. The van der Waals surface area contributed by atoms with Gasteiger partial charge in [0, 0.05) is 26.2 Å². The Morgan fingerprint density at radius 2 is 2.25 bits per heavy atom. The highest BCUT2D eigenvalue weighted by molar-refractivity contribution is 7.89. The zero-order valence-electron chi connectivity index (χ0n) is 10.3. The molecule has 1 fully saturated rings. The van der Waals surface area contributed by atoms with Crippen molar-refractivity contribution in [3.63, 3.8) is 0 Å². The molecule has 1 saturated heterocycles. The number of sulfonamides is 1. The highest BCUT2D eigenvalue weighted by atomic mass is 32.2. The first kappa shape index (κ1) is 13.9. The molecule has 2 unspecified atom stereocenters. The second-order valence-electron chi connectivity index (χ2n) is 4.29. The number of hydrogen-bond acceptors (Lipinski definition) is 4. The van der Waals surface area contributed by atoms with Crippen molar-refractivity contribution < 1.29 is 13.2 Å². The van der Waals surface area contributed by atoms with Crippen LogP contribution in [0.15, 0.2) is 0 Å². The molecule has 5 nitrogen and oxygen atoms in total. The van der Waals surface area contributed by atoms with Crippen LogP contribution in [-0.4, -0.2) is 57.9 Å². The predicted molar refractivity (Wildman–Crippen MR) is 63.9 cm³/mol. The van der Waals surface area contributed by atoms with E-state index < -0.39 is 10.0 Å². The van der Waals surface area contributed by atoms with Crippen molar-refractivity contribution in [2.45, 2.75) is 31.9 Å². The standard InChI is InChI=1S/C10H22N2O3S/c1-9(15-3)8-16(13,14)12-6-4-5-10(12)7-11-2/h9-11H,4-8H2,1-3H3. The van der Waals surface area contributed by atoms with Gasteiger partial charge in [-0.15, -0.1) is 0 Å². The molecule has 0 radical (unpaired) electrons. The number of likely N-dealkylation sites (N-methyl/N-ethyl adjacent to an activating group) is 1. The van der Waals surface area contributed by atoms with E-state index in [1.54, 1.807) is 11.2 Å². The molecule has 6 heteroatoms. The van der Waals surface area contributed by atoms with Gasteiger partial charge < -0.3 is 10.1 Å². The van der Waals surface area contributed by atoms with Gasteiger partial charge in [0.15, 0.2) is 0 Å². The van der Waals surface area contributed by atoms with Crippen molar-refractivity contribution in [2.24, 2.45) is 0 Å². The summed E-state index contributed by atoms with van der Waals surface area (Å²) in [6.45, 7) is 3.15. The predicted octanol–water partition coefficient (Wildman–Crippen LogP) is 0.0349. The van der Waals surface area contributed by atoms with Crippen LogP contribution in [0.5, 0.6) is 0 Å². The summed E-state index contributed by atoms with van der Waals surface area (Å²) >= 11 is 0. The van der Waals surface area contributed by atoms with Crippen LogP contribution in [0, 0.1) is 0 Å². The van der Waals surface area contributed by atoms with Crippen LogP contribution in [0.3, 0.4) is 0 Å². The molecule has 1 aliphatic rings. The maximum absolute atomic E-state index is 12.1. The minimum atomic E-state index is -3.17. The quantitative estimate of drug-likeness (QED) is 0.723. The van der Waals surface area contributed by atoms with Crippen LogP contribution in [0.1, 0.15) is 19.8 Å². The molecule has 96 valence electrons. The summed E-state index contributed by atoms with van der Waals surface area (Å²) in [6, 6.07) is 0.110. The van der Waals surface area contributed by atoms with Gasteiger partial charge in [0.05, 0.1) is 11.9 Å². The molecule has 16 heavy (non-hydrogen) atoms. The number of methoxy groups -OCH3 is 1. The Hall–Kier alpha value is -0.170. The third kappa shape index (κ3) is 3.41. The minimum Gasteiger partial charge on any atom is -0.381 e. The largest absolute Gasteiger partial charge is 0.381 e. The van der Waals surface area contributed by atoms with E-state index in [1.807, 2.05) is 7.05 Å². The van der Waals surface area contributed by atoms with Crippen molar-refractivity contribution in [3.05, 3.63) is 0 Å². The van der Waals surface area contributed by atoms with Gasteiger partial charge in [-0.2, -0.15) is 4.31 Å². The van der Waals surface area contributed by atoms with Gasteiger partial charge in [-0.05, 0) is 26.8 Å². The lowest BCUT2D eigenvalue weighted by molar-refractivity contribution is 0.135. The lowest BCUT2D eigenvalue weighted by Gasteiger charge is -2.25. The molecular weight excluding hydrogens is 228 g/mol. The SMILES string of the molecule is CNCC1CCCN1S(=O)(=O)CC(C)OC. The van der Waals surface area contributed by atoms with E-state index >= 15 is 0 Å². The second-order valence-corrected chi connectivity index (χ2v) is 6.26. The second kappa shape index (κ2) is 5.95. The van der Waals surface area contributed by atoms with Gasteiger partial charge >= 0.3 is 0 Å². The maximum atomic E-state index is 12.1. The molecule has 0 aliphatic carbocycles. The Labute approximate surface area is 98.2 Å². The average Bonchev–Trinajstić information content (AvgIpc) is 2.66. The molecule has 2 atom stereocenters. The Morgan fingerprint density at radius 1 is 1.56 bits per heavy atom. The van der Waals surface area contributed by atoms with Crippen LogP contribution in [0.2, 0.25) is 0 Å². The van der Waals surface area contributed by atoms with Crippen molar-refractivity contribution in [2.75, 3.05) is 33.0 Å². The number of hydrogen-bond donors (Lipinski definition) is 1. The molecule has 0 aromatic rings. The summed E-state index contributed by atoms with van der Waals surface area (Å²) in [5, 5.41) is 3.04. The topological polar surface area (TPSA) is 58.6 Å². The zero-order chi connectivity index (χ0) is 12.2. The van der Waals surface area contributed by atoms with Gasteiger partial charge in [0.2, 0.25) is 10.0 Å². The van der Waals surface area contributed by atoms with Gasteiger partial charge in [0.25, 0.3) is 0 Å². The van der Waals surface area contributed by atoms with E-state index in [2.05, 4.69) is 5.32 Å². The van der Waals surface area contributed by atoms with Crippen LogP contribution >= 0.6 is 0 Å². The van der Waals surface area contributed by atoms with Gasteiger partial charge in [-0.1, -0.05) is 0 Å². The van der Waals surface area contributed by atoms with Crippen LogP contribution in [-0.2, 0) is 14.8 Å². The number of nitrogens with one attached hydrogen (secondary N) is 1. The van der Waals surface area contributed by atoms with Crippen LogP contribution in [0.4, 0.5) is 0 Å². The molecule has 0 amide bonds. The van der Waals surface area contributed by atoms with E-state index in [1.165, 1.54) is 7.11 Å². The molecular formula is C10H22N2O3S. The fourth-order valence-corrected chi connectivity index (χ4v) is 4.04. The fourth-order valence-electron chi connectivity index (χ4n) is 2.08. The summed E-state index contributed by atoms with van der Waals surface area (Å²) in [5.41, 5.74) is 0. The molecule has 1 N–H and O–H groups in total. The van der Waals surface area contributed by atoms with Crippen molar-refractivity contribution in [3.8, 4) is 0 Å². The van der Waals surface area contributed by atoms with E-state index in [0.717, 1.165) is 19.4 Å². The fraction of sp³-hybridized carbons (Fsp3) is 1.00. The Kier molecular flexibility index (Phi) is 5.17. The van der Waals surface area contributed by atoms with Gasteiger partial charge in [-0.25, -0.2) is 8.42 Å². The molecule has 1 rings (SSSR count). The average molecular weight is 250 g/mol. The first-order valence-electron chi connectivity index (χ1n) is 5.68. The first-order valence-corrected chi connectivity index (χ1v) is 7.29. The van der Waals surface area contributed by atoms with Crippen molar-refractivity contribution in [1.82, 2.24) is 9.62 Å². The summed E-state index contributed by atoms with van der Waals surface area (Å²) < 4.78 is 30.9. The lowest BCUT2D eigenvalue weighted by atomic mass is 10.2. The van der Waals surface area contributed by atoms with Gasteiger partial charge in [0.1, 0.15) is 0 Å². The molecule has 0 saturated carbocycles. The molecule has 1 aliphatic heterocycles. The molecule has 1 heterocycles. The minimum absolute atomic E-state index is 0.0731. The summed E-state index contributed by atoms with van der Waals surface area (Å²) in [6.07, 6.45) is 1.65. The van der Waals surface area contributed by atoms with E-state index in [-0.39, 0.29) is 17.9 Å². The maximum Gasteiger partial charge on any atom is 0.216 e. The molecule has 0 aromatic heterocycles. The first-order chi connectivity index (χ1) is 7.51. The number of nitrogens with zero attached hydrogens (tertiary/aromatic N) is 1. The monoisotopic (exact) mass is 250 g/mol. The summed E-state index contributed by atoms with van der Waals surface area (Å²) in [7, 11) is 0.211.